The summed E-state index contributed by atoms with van der Waals surface area (Å²) in [5, 5.41) is 5.35. The first-order chi connectivity index (χ1) is 15.7. The molecule has 1 unspecified atom stereocenters. The Morgan fingerprint density at radius 3 is 2.18 bits per heavy atom. The Morgan fingerprint density at radius 1 is 0.909 bits per heavy atom. The number of amides is 2. The second-order valence-corrected chi connectivity index (χ2v) is 8.11. The molecule has 0 spiro atoms. The number of hydrogen-bond donors (Lipinski definition) is 2. The quantitative estimate of drug-likeness (QED) is 0.269. The number of benzene rings is 3. The summed E-state index contributed by atoms with van der Waals surface area (Å²) in [5.74, 6) is -2.41. The van der Waals surface area contributed by atoms with Crippen LogP contribution in [0.3, 0.4) is 0 Å². The number of anilines is 1. The Labute approximate surface area is 193 Å². The maximum atomic E-state index is 13.0. The maximum Gasteiger partial charge on any atom is 0.471 e. The number of nitrogens with zero attached hydrogens (tertiary/aromatic N) is 1. The number of rotatable bonds is 7. The third-order valence-corrected chi connectivity index (χ3v) is 5.73. The minimum atomic E-state index is -4.99. The van der Waals surface area contributed by atoms with E-state index in [1.165, 1.54) is 30.0 Å². The SMILES string of the molecule is C/C(=N\NC(=O)C(Sc1ccccc1)c1ccccc1)c1cccc(NC(=O)C(F)(F)F)c1. The summed E-state index contributed by atoms with van der Waals surface area (Å²) in [6.07, 6.45) is -4.99. The molecule has 9 heteroatoms. The van der Waals surface area contributed by atoms with Crippen LogP contribution in [-0.4, -0.2) is 23.7 Å². The van der Waals surface area contributed by atoms with Gasteiger partial charge in [-0.25, -0.2) is 5.43 Å². The standard InChI is InChI=1S/C24H20F3N3O2S/c1-16(18-11-8-12-19(15-18)28-23(32)24(25,26)27)29-30-22(31)21(17-9-4-2-5-10-17)33-20-13-6-3-7-14-20/h2-15,21H,1H3,(H,28,32)(H,30,31)/b29-16+. The van der Waals surface area contributed by atoms with Crippen LogP contribution in [0.4, 0.5) is 18.9 Å². The van der Waals surface area contributed by atoms with Gasteiger partial charge in [-0.05, 0) is 42.3 Å². The molecule has 0 radical (unpaired) electrons. The zero-order valence-electron chi connectivity index (χ0n) is 17.5. The van der Waals surface area contributed by atoms with E-state index in [9.17, 15) is 22.8 Å². The summed E-state index contributed by atoms with van der Waals surface area (Å²) >= 11 is 1.37. The Bertz CT molecular complexity index is 1140. The first kappa shape index (κ1) is 24.1. The lowest BCUT2D eigenvalue weighted by Gasteiger charge is -2.16. The van der Waals surface area contributed by atoms with Crippen LogP contribution in [0.5, 0.6) is 0 Å². The number of halogens is 3. The van der Waals surface area contributed by atoms with Crippen LogP contribution in [-0.2, 0) is 9.59 Å². The highest BCUT2D eigenvalue weighted by Crippen LogP contribution is 2.35. The van der Waals surface area contributed by atoms with Gasteiger partial charge in [0.25, 0.3) is 5.91 Å². The summed E-state index contributed by atoms with van der Waals surface area (Å²) in [7, 11) is 0. The fraction of sp³-hybridized carbons (Fsp3) is 0.125. The Hall–Kier alpha value is -3.59. The van der Waals surface area contributed by atoms with Gasteiger partial charge in [0.15, 0.2) is 0 Å². The smallest absolute Gasteiger partial charge is 0.318 e. The van der Waals surface area contributed by atoms with Gasteiger partial charge >= 0.3 is 12.1 Å². The molecule has 0 fully saturated rings. The molecule has 0 aliphatic rings. The van der Waals surface area contributed by atoms with Crippen LogP contribution in [0.15, 0.2) is 94.9 Å². The first-order valence-corrected chi connectivity index (χ1v) is 10.7. The van der Waals surface area contributed by atoms with E-state index in [-0.39, 0.29) is 11.6 Å². The van der Waals surface area contributed by atoms with E-state index in [0.717, 1.165) is 10.5 Å². The molecule has 5 nitrogen and oxygen atoms in total. The van der Waals surface area contributed by atoms with Crippen LogP contribution in [0.25, 0.3) is 0 Å². The zero-order valence-corrected chi connectivity index (χ0v) is 18.3. The number of hydrazone groups is 1. The van der Waals surface area contributed by atoms with Gasteiger partial charge < -0.3 is 5.32 Å². The van der Waals surface area contributed by atoms with E-state index in [4.69, 9.17) is 0 Å². The molecule has 3 rings (SSSR count). The van der Waals surface area contributed by atoms with E-state index in [0.29, 0.717) is 11.3 Å². The van der Waals surface area contributed by atoms with Crippen molar-refractivity contribution in [1.29, 1.82) is 0 Å². The molecule has 0 aliphatic heterocycles. The fourth-order valence-corrected chi connectivity index (χ4v) is 3.86. The first-order valence-electron chi connectivity index (χ1n) is 9.83. The average Bonchev–Trinajstić information content (AvgIpc) is 2.81. The molecule has 33 heavy (non-hydrogen) atoms. The molecule has 0 saturated carbocycles. The highest BCUT2D eigenvalue weighted by molar-refractivity contribution is 8.00. The van der Waals surface area contributed by atoms with Crippen molar-refractivity contribution in [3.63, 3.8) is 0 Å². The van der Waals surface area contributed by atoms with Gasteiger partial charge in [0.05, 0.1) is 5.71 Å². The van der Waals surface area contributed by atoms with Crippen LogP contribution in [0.1, 0.15) is 23.3 Å². The summed E-state index contributed by atoms with van der Waals surface area (Å²) in [6.45, 7) is 1.60. The minimum absolute atomic E-state index is 0.0301. The Kier molecular flexibility index (Phi) is 7.89. The van der Waals surface area contributed by atoms with E-state index in [2.05, 4.69) is 10.5 Å². The number of thioether (sulfide) groups is 1. The van der Waals surface area contributed by atoms with Crippen molar-refractivity contribution in [1.82, 2.24) is 5.43 Å². The lowest BCUT2D eigenvalue weighted by molar-refractivity contribution is -0.167. The predicted molar refractivity (Wildman–Crippen MR) is 123 cm³/mol. The van der Waals surface area contributed by atoms with E-state index in [1.54, 1.807) is 18.3 Å². The van der Waals surface area contributed by atoms with Gasteiger partial charge in [-0.2, -0.15) is 18.3 Å². The normalized spacial score (nSPS) is 12.7. The molecule has 0 aliphatic carbocycles. The minimum Gasteiger partial charge on any atom is -0.318 e. The molecule has 1 atom stereocenters. The molecule has 2 N–H and O–H groups in total. The van der Waals surface area contributed by atoms with Crippen LogP contribution in [0, 0.1) is 0 Å². The molecular formula is C24H20F3N3O2S. The van der Waals surface area contributed by atoms with Crippen molar-refractivity contribution in [3.05, 3.63) is 96.1 Å². The number of carbonyl (C=O) groups excluding carboxylic acids is 2. The third-order valence-electron chi connectivity index (χ3n) is 4.47. The second-order valence-electron chi connectivity index (χ2n) is 6.93. The van der Waals surface area contributed by atoms with Gasteiger partial charge in [-0.3, -0.25) is 9.59 Å². The number of alkyl halides is 3. The number of hydrogen-bond acceptors (Lipinski definition) is 4. The Morgan fingerprint density at radius 2 is 1.55 bits per heavy atom. The lowest BCUT2D eigenvalue weighted by atomic mass is 10.1. The monoisotopic (exact) mass is 471 g/mol. The van der Waals surface area contributed by atoms with Crippen LogP contribution < -0.4 is 10.7 Å². The number of carbonyl (C=O) groups is 2. The van der Waals surface area contributed by atoms with Crippen molar-refractivity contribution in [2.75, 3.05) is 5.32 Å². The second kappa shape index (κ2) is 10.8. The predicted octanol–water partition coefficient (Wildman–Crippen LogP) is 5.56. The molecule has 170 valence electrons. The largest absolute Gasteiger partial charge is 0.471 e. The van der Waals surface area contributed by atoms with Gasteiger partial charge in [-0.1, -0.05) is 60.7 Å². The average molecular weight is 472 g/mol. The van der Waals surface area contributed by atoms with Gasteiger partial charge in [0, 0.05) is 10.6 Å². The van der Waals surface area contributed by atoms with Gasteiger partial charge in [0.1, 0.15) is 5.25 Å². The van der Waals surface area contributed by atoms with Crippen molar-refractivity contribution >= 4 is 35.0 Å². The van der Waals surface area contributed by atoms with Gasteiger partial charge in [-0.15, -0.1) is 11.8 Å². The molecule has 0 heterocycles. The molecule has 2 amide bonds. The zero-order chi connectivity index (χ0) is 23.8. The molecule has 3 aromatic rings. The summed E-state index contributed by atoms with van der Waals surface area (Å²) in [6, 6.07) is 24.5. The summed E-state index contributed by atoms with van der Waals surface area (Å²) in [4.78, 5) is 25.1. The highest BCUT2D eigenvalue weighted by Gasteiger charge is 2.38. The van der Waals surface area contributed by atoms with Crippen LogP contribution in [0.2, 0.25) is 0 Å². The van der Waals surface area contributed by atoms with Crippen molar-refractivity contribution in [2.45, 2.75) is 23.2 Å². The third kappa shape index (κ3) is 6.95. The molecule has 0 aromatic heterocycles. The highest BCUT2D eigenvalue weighted by atomic mass is 32.2. The molecule has 3 aromatic carbocycles. The van der Waals surface area contributed by atoms with Crippen LogP contribution >= 0.6 is 11.8 Å². The molecule has 0 saturated heterocycles. The summed E-state index contributed by atoms with van der Waals surface area (Å²) in [5.41, 5.74) is 4.12. The summed E-state index contributed by atoms with van der Waals surface area (Å²) < 4.78 is 37.5. The number of nitrogens with one attached hydrogen (secondary N) is 2. The maximum absolute atomic E-state index is 13.0. The Balaban J connectivity index is 1.75. The van der Waals surface area contributed by atoms with Crippen molar-refractivity contribution < 1.29 is 22.8 Å². The lowest BCUT2D eigenvalue weighted by Crippen LogP contribution is -2.30. The van der Waals surface area contributed by atoms with Gasteiger partial charge in [0.2, 0.25) is 0 Å². The van der Waals surface area contributed by atoms with E-state index >= 15 is 0 Å². The van der Waals surface area contributed by atoms with Crippen molar-refractivity contribution in [3.8, 4) is 0 Å². The van der Waals surface area contributed by atoms with E-state index in [1.807, 2.05) is 60.7 Å². The van der Waals surface area contributed by atoms with Crippen molar-refractivity contribution in [2.24, 2.45) is 5.10 Å². The molecule has 0 bridgehead atoms. The topological polar surface area (TPSA) is 70.6 Å². The molecular weight excluding hydrogens is 451 g/mol. The fourth-order valence-electron chi connectivity index (χ4n) is 2.82. The van der Waals surface area contributed by atoms with E-state index < -0.39 is 17.3 Å².